The number of nitrogens with one attached hydrogen (secondary N) is 2. The molecule has 3 amide bonds. The summed E-state index contributed by atoms with van der Waals surface area (Å²) in [6.07, 6.45) is 0.459. The predicted molar refractivity (Wildman–Crippen MR) is 113 cm³/mol. The zero-order valence-corrected chi connectivity index (χ0v) is 18.2. The van der Waals surface area contributed by atoms with E-state index in [1.807, 2.05) is 38.1 Å². The van der Waals surface area contributed by atoms with Gasteiger partial charge in [0, 0.05) is 18.1 Å². The van der Waals surface area contributed by atoms with Gasteiger partial charge in [0.15, 0.2) is 0 Å². The summed E-state index contributed by atoms with van der Waals surface area (Å²) in [6.45, 7) is 6.11. The summed E-state index contributed by atoms with van der Waals surface area (Å²) in [6, 6.07) is 7.42. The second kappa shape index (κ2) is 12.4. The Kier molecular flexibility index (Phi) is 9.87. The number of nitriles is 1. The minimum absolute atomic E-state index is 0.0132. The van der Waals surface area contributed by atoms with Gasteiger partial charge in [0.2, 0.25) is 5.91 Å². The molecular weight excluding hydrogens is 408 g/mol. The number of morpholine rings is 1. The lowest BCUT2D eigenvalue weighted by Gasteiger charge is -2.29. The summed E-state index contributed by atoms with van der Waals surface area (Å²) in [5.74, 6) is -0.221. The highest BCUT2D eigenvalue weighted by atomic mass is 35.5. The van der Waals surface area contributed by atoms with Crippen LogP contribution in [-0.4, -0.2) is 61.8 Å². The zero-order chi connectivity index (χ0) is 21.9. The molecule has 0 bridgehead atoms. The summed E-state index contributed by atoms with van der Waals surface area (Å²) in [5, 5.41) is 15.4. The molecule has 0 aromatic heterocycles. The quantitative estimate of drug-likeness (QED) is 0.618. The average molecular weight is 437 g/mol. The van der Waals surface area contributed by atoms with Crippen molar-refractivity contribution in [2.75, 3.05) is 32.9 Å². The second-order valence-corrected chi connectivity index (χ2v) is 7.94. The molecule has 164 valence electrons. The molecule has 8 nitrogen and oxygen atoms in total. The van der Waals surface area contributed by atoms with Crippen molar-refractivity contribution in [1.29, 1.82) is 5.26 Å². The van der Waals surface area contributed by atoms with Crippen LogP contribution in [0.1, 0.15) is 25.8 Å². The SMILES string of the molecule is CC(C)C[C@H](NC(=O)N1CCOCC1)C(=O)N[C@H](C#N)COCc1ccccc1Cl. The Balaban J connectivity index is 1.89. The summed E-state index contributed by atoms with van der Waals surface area (Å²) >= 11 is 6.09. The number of ether oxygens (including phenoxy) is 2. The minimum atomic E-state index is -0.838. The molecule has 1 aromatic rings. The van der Waals surface area contributed by atoms with E-state index >= 15 is 0 Å². The van der Waals surface area contributed by atoms with Crippen LogP contribution in [0.15, 0.2) is 24.3 Å². The summed E-state index contributed by atoms with van der Waals surface area (Å²) in [4.78, 5) is 26.9. The number of carbonyl (C=O) groups excluding carboxylic acids is 2. The lowest BCUT2D eigenvalue weighted by molar-refractivity contribution is -0.124. The molecule has 2 N–H and O–H groups in total. The standard InChI is InChI=1S/C21H29ClN4O4/c1-15(2)11-19(25-21(28)26-7-9-29-10-8-26)20(27)24-17(12-23)14-30-13-16-5-3-4-6-18(16)22/h3-6,15,17,19H,7-11,13-14H2,1-2H3,(H,24,27)(H,25,28)/t17-,19+/m1/s1. The largest absolute Gasteiger partial charge is 0.378 e. The van der Waals surface area contributed by atoms with Crippen LogP contribution < -0.4 is 10.6 Å². The number of hydrogen-bond donors (Lipinski definition) is 2. The van der Waals surface area contributed by atoms with Crippen molar-refractivity contribution in [1.82, 2.24) is 15.5 Å². The molecule has 0 spiro atoms. The Morgan fingerprint density at radius 1 is 1.27 bits per heavy atom. The van der Waals surface area contributed by atoms with Crippen LogP contribution in [0.5, 0.6) is 0 Å². The summed E-state index contributed by atoms with van der Waals surface area (Å²) in [5.41, 5.74) is 0.803. The Hall–Kier alpha value is -2.34. The first kappa shape index (κ1) is 23.9. The molecule has 1 aliphatic rings. The molecular formula is C21H29ClN4O4. The molecule has 9 heteroatoms. The highest BCUT2D eigenvalue weighted by molar-refractivity contribution is 6.31. The number of benzene rings is 1. The van der Waals surface area contributed by atoms with Gasteiger partial charge in [0.25, 0.3) is 0 Å². The highest BCUT2D eigenvalue weighted by Gasteiger charge is 2.27. The third kappa shape index (κ3) is 7.82. The van der Waals surface area contributed by atoms with E-state index in [9.17, 15) is 14.9 Å². The highest BCUT2D eigenvalue weighted by Crippen LogP contribution is 2.15. The first-order valence-electron chi connectivity index (χ1n) is 10.0. The van der Waals surface area contributed by atoms with Crippen molar-refractivity contribution in [2.24, 2.45) is 5.92 Å². The fourth-order valence-corrected chi connectivity index (χ4v) is 3.19. The third-order valence-electron chi connectivity index (χ3n) is 4.59. The molecule has 2 rings (SSSR count). The van der Waals surface area contributed by atoms with E-state index in [4.69, 9.17) is 21.1 Å². The number of hydrogen-bond acceptors (Lipinski definition) is 5. The van der Waals surface area contributed by atoms with Crippen molar-refractivity contribution in [3.8, 4) is 6.07 Å². The van der Waals surface area contributed by atoms with E-state index in [-0.39, 0.29) is 25.2 Å². The van der Waals surface area contributed by atoms with Crippen LogP contribution in [0, 0.1) is 17.2 Å². The van der Waals surface area contributed by atoms with E-state index in [2.05, 4.69) is 10.6 Å². The van der Waals surface area contributed by atoms with Crippen molar-refractivity contribution >= 4 is 23.5 Å². The maximum absolute atomic E-state index is 12.8. The molecule has 1 saturated heterocycles. The van der Waals surface area contributed by atoms with Gasteiger partial charge in [-0.05, 0) is 24.0 Å². The molecule has 1 aromatic carbocycles. The summed E-state index contributed by atoms with van der Waals surface area (Å²) in [7, 11) is 0. The van der Waals surface area contributed by atoms with Gasteiger partial charge in [-0.2, -0.15) is 5.26 Å². The zero-order valence-electron chi connectivity index (χ0n) is 17.4. The topological polar surface area (TPSA) is 104 Å². The smallest absolute Gasteiger partial charge is 0.318 e. The average Bonchev–Trinajstić information content (AvgIpc) is 2.74. The van der Waals surface area contributed by atoms with Crippen LogP contribution in [0.3, 0.4) is 0 Å². The van der Waals surface area contributed by atoms with Gasteiger partial charge >= 0.3 is 6.03 Å². The molecule has 0 saturated carbocycles. The monoisotopic (exact) mass is 436 g/mol. The molecule has 1 heterocycles. The first-order valence-corrected chi connectivity index (χ1v) is 10.4. The molecule has 0 aliphatic carbocycles. The van der Waals surface area contributed by atoms with Crippen LogP contribution in [0.4, 0.5) is 4.79 Å². The van der Waals surface area contributed by atoms with Gasteiger partial charge in [-0.15, -0.1) is 0 Å². The van der Waals surface area contributed by atoms with Gasteiger partial charge < -0.3 is 25.0 Å². The molecule has 30 heavy (non-hydrogen) atoms. The third-order valence-corrected chi connectivity index (χ3v) is 4.96. The molecule has 0 unspecified atom stereocenters. The lowest BCUT2D eigenvalue weighted by Crippen LogP contribution is -2.55. The van der Waals surface area contributed by atoms with E-state index in [0.29, 0.717) is 37.7 Å². The van der Waals surface area contributed by atoms with Gasteiger partial charge in [-0.3, -0.25) is 4.79 Å². The molecule has 0 radical (unpaired) electrons. The summed E-state index contributed by atoms with van der Waals surface area (Å²) < 4.78 is 10.8. The van der Waals surface area contributed by atoms with E-state index < -0.39 is 18.0 Å². The van der Waals surface area contributed by atoms with E-state index in [1.54, 1.807) is 11.0 Å². The maximum Gasteiger partial charge on any atom is 0.318 e. The van der Waals surface area contributed by atoms with Gasteiger partial charge in [0.05, 0.1) is 32.5 Å². The van der Waals surface area contributed by atoms with E-state index in [0.717, 1.165) is 5.56 Å². The van der Waals surface area contributed by atoms with Crippen LogP contribution in [0.2, 0.25) is 5.02 Å². The van der Waals surface area contributed by atoms with Crippen molar-refractivity contribution in [2.45, 2.75) is 39.0 Å². The Morgan fingerprint density at radius 2 is 1.97 bits per heavy atom. The second-order valence-electron chi connectivity index (χ2n) is 7.53. The number of rotatable bonds is 9. The Morgan fingerprint density at radius 3 is 2.60 bits per heavy atom. The first-order chi connectivity index (χ1) is 14.4. The maximum atomic E-state index is 12.8. The molecule has 1 aliphatic heterocycles. The van der Waals surface area contributed by atoms with Crippen molar-refractivity contribution in [3.63, 3.8) is 0 Å². The predicted octanol–water partition coefficient (Wildman–Crippen LogP) is 2.32. The number of urea groups is 1. The number of halogens is 1. The van der Waals surface area contributed by atoms with Crippen LogP contribution in [0.25, 0.3) is 0 Å². The lowest BCUT2D eigenvalue weighted by atomic mass is 10.0. The Labute approximate surface area is 182 Å². The Bertz CT molecular complexity index is 747. The number of carbonyl (C=O) groups is 2. The van der Waals surface area contributed by atoms with E-state index in [1.165, 1.54) is 0 Å². The molecule has 2 atom stereocenters. The van der Waals surface area contributed by atoms with Crippen molar-refractivity contribution < 1.29 is 19.1 Å². The van der Waals surface area contributed by atoms with Crippen LogP contribution >= 0.6 is 11.6 Å². The fourth-order valence-electron chi connectivity index (χ4n) is 3.00. The van der Waals surface area contributed by atoms with Gasteiger partial charge in [-0.25, -0.2) is 4.79 Å². The normalized spacial score (nSPS) is 15.9. The fraction of sp³-hybridized carbons (Fsp3) is 0.571. The minimum Gasteiger partial charge on any atom is -0.378 e. The van der Waals surface area contributed by atoms with Crippen LogP contribution in [-0.2, 0) is 20.9 Å². The number of amides is 3. The van der Waals surface area contributed by atoms with Gasteiger partial charge in [-0.1, -0.05) is 43.6 Å². The number of nitrogens with zero attached hydrogens (tertiary/aromatic N) is 2. The van der Waals surface area contributed by atoms with Crippen molar-refractivity contribution in [3.05, 3.63) is 34.9 Å². The molecule has 1 fully saturated rings. The van der Waals surface area contributed by atoms with Gasteiger partial charge in [0.1, 0.15) is 12.1 Å².